The Morgan fingerprint density at radius 2 is 1.56 bits per heavy atom. The summed E-state index contributed by atoms with van der Waals surface area (Å²) in [4.78, 5) is 13.6. The molecular weight excluding hydrogens is 380 g/mol. The summed E-state index contributed by atoms with van der Waals surface area (Å²) in [6.45, 7) is 6.03. The number of anilines is 1. The second-order valence-electron chi connectivity index (χ2n) is 6.52. The molecule has 1 N–H and O–H groups in total. The Balaban J connectivity index is 1.96. The molecule has 2 aromatic rings. The van der Waals surface area contributed by atoms with Crippen LogP contribution in [-0.4, -0.2) is 38.9 Å². The first kappa shape index (κ1) is 21.3. The quantitative estimate of drug-likeness (QED) is 0.539. The molecule has 1 unspecified atom stereocenters. The molecule has 0 aliphatic rings. The van der Waals surface area contributed by atoms with Gasteiger partial charge in [-0.2, -0.15) is 0 Å². The van der Waals surface area contributed by atoms with E-state index in [0.29, 0.717) is 18.0 Å². The van der Waals surface area contributed by atoms with E-state index in [2.05, 4.69) is 17.4 Å². The fourth-order valence-corrected chi connectivity index (χ4v) is 4.57. The molecule has 1 atom stereocenters. The molecule has 0 fully saturated rings. The molecule has 0 heterocycles. The summed E-state index contributed by atoms with van der Waals surface area (Å²) in [6.07, 6.45) is 1.11. The van der Waals surface area contributed by atoms with E-state index in [0.717, 1.165) is 21.0 Å². The predicted octanol–water partition coefficient (Wildman–Crippen LogP) is 3.37. The Kier molecular flexibility index (Phi) is 7.33. The average Bonchev–Trinajstić information content (AvgIpc) is 2.60. The highest BCUT2D eigenvalue weighted by atomic mass is 32.2. The first-order chi connectivity index (χ1) is 12.7. The monoisotopic (exact) mass is 406 g/mol. The number of rotatable bonds is 8. The standard InChI is InChI=1S/C20H26N2O3S2/c1-15-5-9-18(10-6-15)22(27(4,24)25)17(3)20(23)21-13-14-26-19-11-7-16(2)8-12-19/h5-12,17H,13-14H2,1-4H3,(H,21,23). The van der Waals surface area contributed by atoms with Crippen molar-refractivity contribution in [1.29, 1.82) is 0 Å². The van der Waals surface area contributed by atoms with Crippen molar-refractivity contribution in [3.8, 4) is 0 Å². The number of carbonyl (C=O) groups is 1. The maximum Gasteiger partial charge on any atom is 0.243 e. The zero-order chi connectivity index (χ0) is 20.0. The van der Waals surface area contributed by atoms with Gasteiger partial charge in [0.05, 0.1) is 11.9 Å². The maximum absolute atomic E-state index is 12.5. The van der Waals surface area contributed by atoms with E-state index < -0.39 is 16.1 Å². The Hall–Kier alpha value is -1.99. The van der Waals surface area contributed by atoms with Gasteiger partial charge < -0.3 is 5.32 Å². The van der Waals surface area contributed by atoms with Crippen molar-refractivity contribution >= 4 is 33.4 Å². The summed E-state index contributed by atoms with van der Waals surface area (Å²) in [6, 6.07) is 14.5. The molecule has 0 aromatic heterocycles. The number of sulfonamides is 1. The van der Waals surface area contributed by atoms with Crippen LogP contribution in [0.1, 0.15) is 18.1 Å². The molecule has 0 aliphatic carbocycles. The van der Waals surface area contributed by atoms with Crippen LogP contribution in [0.5, 0.6) is 0 Å². The Morgan fingerprint density at radius 1 is 1.04 bits per heavy atom. The highest BCUT2D eigenvalue weighted by molar-refractivity contribution is 7.99. The molecule has 27 heavy (non-hydrogen) atoms. The SMILES string of the molecule is Cc1ccc(SCCNC(=O)C(C)N(c2ccc(C)cc2)S(C)(=O)=O)cc1. The molecule has 0 aliphatic heterocycles. The van der Waals surface area contributed by atoms with E-state index in [1.807, 2.05) is 38.1 Å². The smallest absolute Gasteiger partial charge is 0.243 e. The summed E-state index contributed by atoms with van der Waals surface area (Å²) in [5.41, 5.74) is 2.72. The molecular formula is C20H26N2O3S2. The third-order valence-electron chi connectivity index (χ3n) is 4.07. The van der Waals surface area contributed by atoms with Gasteiger partial charge in [0.1, 0.15) is 6.04 Å². The van der Waals surface area contributed by atoms with Gasteiger partial charge in [0.15, 0.2) is 0 Å². The van der Waals surface area contributed by atoms with E-state index in [1.165, 1.54) is 5.56 Å². The lowest BCUT2D eigenvalue weighted by atomic mass is 10.2. The van der Waals surface area contributed by atoms with Gasteiger partial charge in [0.2, 0.25) is 15.9 Å². The second kappa shape index (κ2) is 9.28. The van der Waals surface area contributed by atoms with Gasteiger partial charge in [-0.3, -0.25) is 9.10 Å². The lowest BCUT2D eigenvalue weighted by Gasteiger charge is -2.28. The van der Waals surface area contributed by atoms with Crippen LogP contribution in [0.15, 0.2) is 53.4 Å². The number of hydrogen-bond acceptors (Lipinski definition) is 4. The highest BCUT2D eigenvalue weighted by Crippen LogP contribution is 2.21. The van der Waals surface area contributed by atoms with Crippen LogP contribution >= 0.6 is 11.8 Å². The van der Waals surface area contributed by atoms with Crippen LogP contribution in [0.2, 0.25) is 0 Å². The highest BCUT2D eigenvalue weighted by Gasteiger charge is 2.28. The minimum Gasteiger partial charge on any atom is -0.353 e. The summed E-state index contributed by atoms with van der Waals surface area (Å²) < 4.78 is 25.7. The van der Waals surface area contributed by atoms with Gasteiger partial charge in [-0.05, 0) is 45.0 Å². The first-order valence-electron chi connectivity index (χ1n) is 8.72. The Morgan fingerprint density at radius 3 is 2.07 bits per heavy atom. The van der Waals surface area contributed by atoms with Gasteiger partial charge in [-0.25, -0.2) is 8.42 Å². The molecule has 2 rings (SSSR count). The third kappa shape index (κ3) is 6.29. The van der Waals surface area contributed by atoms with Gasteiger partial charge in [0, 0.05) is 17.2 Å². The zero-order valence-corrected chi connectivity index (χ0v) is 17.7. The lowest BCUT2D eigenvalue weighted by molar-refractivity contribution is -0.121. The third-order valence-corrected chi connectivity index (χ3v) is 6.32. The second-order valence-corrected chi connectivity index (χ2v) is 9.55. The maximum atomic E-state index is 12.5. The van der Waals surface area contributed by atoms with Crippen molar-refractivity contribution in [2.45, 2.75) is 31.7 Å². The molecule has 0 saturated heterocycles. The lowest BCUT2D eigenvalue weighted by Crippen LogP contribution is -2.48. The molecule has 2 aromatic carbocycles. The topological polar surface area (TPSA) is 66.5 Å². The largest absolute Gasteiger partial charge is 0.353 e. The van der Waals surface area contributed by atoms with Gasteiger partial charge in [-0.1, -0.05) is 35.4 Å². The number of nitrogens with zero attached hydrogens (tertiary/aromatic N) is 1. The number of carbonyl (C=O) groups excluding carboxylic acids is 1. The average molecular weight is 407 g/mol. The van der Waals surface area contributed by atoms with Crippen molar-refractivity contribution in [3.63, 3.8) is 0 Å². The van der Waals surface area contributed by atoms with Crippen LogP contribution in [0, 0.1) is 13.8 Å². The number of nitrogens with one attached hydrogen (secondary N) is 1. The number of amides is 1. The van der Waals surface area contributed by atoms with E-state index in [1.54, 1.807) is 30.8 Å². The van der Waals surface area contributed by atoms with Crippen LogP contribution in [0.25, 0.3) is 0 Å². The number of thioether (sulfide) groups is 1. The molecule has 146 valence electrons. The minimum absolute atomic E-state index is 0.314. The molecule has 5 nitrogen and oxygen atoms in total. The van der Waals surface area contributed by atoms with E-state index >= 15 is 0 Å². The molecule has 0 spiro atoms. The van der Waals surface area contributed by atoms with E-state index in [-0.39, 0.29) is 5.91 Å². The zero-order valence-electron chi connectivity index (χ0n) is 16.1. The number of benzene rings is 2. The minimum atomic E-state index is -3.59. The molecule has 0 radical (unpaired) electrons. The van der Waals surface area contributed by atoms with Gasteiger partial charge in [-0.15, -0.1) is 11.8 Å². The van der Waals surface area contributed by atoms with Crippen LogP contribution in [0.4, 0.5) is 5.69 Å². The Labute approximate surface area is 166 Å². The van der Waals surface area contributed by atoms with Crippen molar-refractivity contribution in [2.24, 2.45) is 0 Å². The fraction of sp³-hybridized carbons (Fsp3) is 0.350. The summed E-state index contributed by atoms with van der Waals surface area (Å²) in [7, 11) is -3.59. The molecule has 0 bridgehead atoms. The van der Waals surface area contributed by atoms with Crippen molar-refractivity contribution in [1.82, 2.24) is 5.32 Å². The van der Waals surface area contributed by atoms with Crippen LogP contribution in [-0.2, 0) is 14.8 Å². The molecule has 7 heteroatoms. The number of aryl methyl sites for hydroxylation is 2. The Bertz CT molecular complexity index is 863. The van der Waals surface area contributed by atoms with E-state index in [9.17, 15) is 13.2 Å². The van der Waals surface area contributed by atoms with Crippen LogP contribution < -0.4 is 9.62 Å². The predicted molar refractivity (Wildman–Crippen MR) is 113 cm³/mol. The fourth-order valence-electron chi connectivity index (χ4n) is 2.63. The van der Waals surface area contributed by atoms with Crippen molar-refractivity contribution in [3.05, 3.63) is 59.7 Å². The van der Waals surface area contributed by atoms with Crippen molar-refractivity contribution < 1.29 is 13.2 Å². The van der Waals surface area contributed by atoms with Gasteiger partial charge in [0.25, 0.3) is 0 Å². The first-order valence-corrected chi connectivity index (χ1v) is 11.5. The summed E-state index contributed by atoms with van der Waals surface area (Å²) in [5, 5.41) is 2.83. The van der Waals surface area contributed by atoms with Gasteiger partial charge >= 0.3 is 0 Å². The normalized spacial score (nSPS) is 12.4. The van der Waals surface area contributed by atoms with E-state index in [4.69, 9.17) is 0 Å². The summed E-state index contributed by atoms with van der Waals surface area (Å²) in [5.74, 6) is 0.399. The van der Waals surface area contributed by atoms with Crippen LogP contribution in [0.3, 0.4) is 0 Å². The molecule has 1 amide bonds. The summed E-state index contributed by atoms with van der Waals surface area (Å²) >= 11 is 1.65. The van der Waals surface area contributed by atoms with Crippen molar-refractivity contribution in [2.75, 3.05) is 22.9 Å². The molecule has 0 saturated carbocycles. The number of hydrogen-bond donors (Lipinski definition) is 1.